The third kappa shape index (κ3) is 3.14. The van der Waals surface area contributed by atoms with Crippen molar-refractivity contribution >= 4 is 11.6 Å². The van der Waals surface area contributed by atoms with Gasteiger partial charge in [-0.15, -0.1) is 0 Å². The van der Waals surface area contributed by atoms with Crippen LogP contribution in [0.2, 0.25) is 5.02 Å². The van der Waals surface area contributed by atoms with Crippen LogP contribution in [0.5, 0.6) is 5.75 Å². The van der Waals surface area contributed by atoms with Crippen LogP contribution in [0.15, 0.2) is 42.5 Å². The Morgan fingerprint density at radius 3 is 2.55 bits per heavy atom. The van der Waals surface area contributed by atoms with Crippen LogP contribution < -0.4 is 4.74 Å². The summed E-state index contributed by atoms with van der Waals surface area (Å²) in [6.45, 7) is 4.61. The molecule has 2 rings (SSSR count). The molecule has 3 heteroatoms. The van der Waals surface area contributed by atoms with Gasteiger partial charge in [-0.05, 0) is 36.6 Å². The van der Waals surface area contributed by atoms with E-state index in [0.29, 0.717) is 11.6 Å². The van der Waals surface area contributed by atoms with Crippen LogP contribution in [-0.2, 0) is 0 Å². The van der Waals surface area contributed by atoms with Crippen molar-refractivity contribution in [3.05, 3.63) is 64.2 Å². The minimum Gasteiger partial charge on any atom is -0.493 e. The smallest absolute Gasteiger partial charge is 0.125 e. The van der Waals surface area contributed by atoms with Crippen molar-refractivity contribution in [3.63, 3.8) is 0 Å². The van der Waals surface area contributed by atoms with Gasteiger partial charge in [0.1, 0.15) is 11.9 Å². The molecule has 0 aliphatic heterocycles. The lowest BCUT2D eigenvalue weighted by atomic mass is 9.97. The zero-order valence-corrected chi connectivity index (χ0v) is 12.5. The van der Waals surface area contributed by atoms with E-state index in [1.165, 1.54) is 0 Å². The van der Waals surface area contributed by atoms with Crippen LogP contribution in [0.25, 0.3) is 0 Å². The lowest BCUT2D eigenvalue weighted by molar-refractivity contribution is 0.210. The molecule has 0 aliphatic rings. The molecule has 0 amide bonds. The number of hydrogen-bond donors (Lipinski definition) is 1. The summed E-state index contributed by atoms with van der Waals surface area (Å²) in [5.41, 5.74) is 2.48. The molecular weight excluding hydrogens is 272 g/mol. The minimum atomic E-state index is -0.734. The van der Waals surface area contributed by atoms with Gasteiger partial charge in [0.05, 0.1) is 6.61 Å². The number of benzene rings is 2. The predicted octanol–water partition coefficient (Wildman–Crippen LogP) is 4.52. The number of halogens is 1. The average Bonchev–Trinajstić information content (AvgIpc) is 2.47. The molecule has 0 saturated heterocycles. The van der Waals surface area contributed by atoms with Gasteiger partial charge in [-0.2, -0.15) is 0 Å². The Labute approximate surface area is 125 Å². The maximum absolute atomic E-state index is 10.6. The van der Waals surface area contributed by atoms with E-state index < -0.39 is 6.10 Å². The first-order chi connectivity index (χ1) is 9.65. The Bertz CT molecular complexity index is 581. The highest BCUT2D eigenvalue weighted by atomic mass is 35.5. The fourth-order valence-corrected chi connectivity index (χ4v) is 2.32. The van der Waals surface area contributed by atoms with E-state index >= 15 is 0 Å². The molecule has 0 radical (unpaired) electrons. The number of hydrogen-bond acceptors (Lipinski definition) is 2. The maximum atomic E-state index is 10.6. The van der Waals surface area contributed by atoms with Crippen molar-refractivity contribution < 1.29 is 9.84 Å². The topological polar surface area (TPSA) is 29.5 Å². The van der Waals surface area contributed by atoms with Crippen molar-refractivity contribution in [2.24, 2.45) is 0 Å². The Kier molecular flexibility index (Phi) is 5.05. The number of aliphatic hydroxyl groups is 1. The molecule has 1 atom stereocenters. The Balaban J connectivity index is 2.38. The SMILES string of the molecule is CCCOc1ccccc1C(O)c1cccc(Cl)c1C. The molecular formula is C17H19ClO2. The molecule has 0 heterocycles. The molecule has 2 aromatic rings. The standard InChI is InChI=1S/C17H19ClO2/c1-3-11-20-16-10-5-4-7-14(16)17(19)13-8-6-9-15(18)12(13)2/h4-10,17,19H,3,11H2,1-2H3. The molecule has 20 heavy (non-hydrogen) atoms. The summed E-state index contributed by atoms with van der Waals surface area (Å²) in [6, 6.07) is 13.1. The van der Waals surface area contributed by atoms with E-state index in [1.807, 2.05) is 49.4 Å². The fourth-order valence-electron chi connectivity index (χ4n) is 2.14. The van der Waals surface area contributed by atoms with E-state index in [9.17, 15) is 5.11 Å². The summed E-state index contributed by atoms with van der Waals surface area (Å²) < 4.78 is 5.71. The molecule has 2 nitrogen and oxygen atoms in total. The zero-order chi connectivity index (χ0) is 14.5. The lowest BCUT2D eigenvalue weighted by Gasteiger charge is -2.18. The van der Waals surface area contributed by atoms with Crippen LogP contribution in [-0.4, -0.2) is 11.7 Å². The van der Waals surface area contributed by atoms with Crippen LogP contribution >= 0.6 is 11.6 Å². The van der Waals surface area contributed by atoms with Crippen molar-refractivity contribution in [2.75, 3.05) is 6.61 Å². The maximum Gasteiger partial charge on any atom is 0.125 e. The molecule has 1 N–H and O–H groups in total. The van der Waals surface area contributed by atoms with Crippen LogP contribution in [0.3, 0.4) is 0 Å². The molecule has 2 aromatic carbocycles. The van der Waals surface area contributed by atoms with Gasteiger partial charge in [-0.1, -0.05) is 48.9 Å². The van der Waals surface area contributed by atoms with Crippen LogP contribution in [0.4, 0.5) is 0 Å². The van der Waals surface area contributed by atoms with Crippen molar-refractivity contribution in [1.29, 1.82) is 0 Å². The normalized spacial score (nSPS) is 12.2. The number of rotatable bonds is 5. The summed E-state index contributed by atoms with van der Waals surface area (Å²) in [4.78, 5) is 0. The highest BCUT2D eigenvalue weighted by molar-refractivity contribution is 6.31. The second-order valence-electron chi connectivity index (χ2n) is 4.74. The summed E-state index contributed by atoms with van der Waals surface area (Å²) in [5, 5.41) is 11.3. The number of aliphatic hydroxyl groups excluding tert-OH is 1. The van der Waals surface area contributed by atoms with Crippen LogP contribution in [0.1, 0.15) is 36.1 Å². The molecule has 106 valence electrons. The Hall–Kier alpha value is -1.51. The van der Waals surface area contributed by atoms with Crippen LogP contribution in [0, 0.1) is 6.92 Å². The molecule has 0 bridgehead atoms. The van der Waals surface area contributed by atoms with Gasteiger partial charge < -0.3 is 9.84 Å². The van der Waals surface area contributed by atoms with E-state index in [1.54, 1.807) is 0 Å². The van der Waals surface area contributed by atoms with Crippen molar-refractivity contribution in [1.82, 2.24) is 0 Å². The van der Waals surface area contributed by atoms with Gasteiger partial charge in [-0.3, -0.25) is 0 Å². The van der Waals surface area contributed by atoms with Gasteiger partial charge in [0.25, 0.3) is 0 Å². The summed E-state index contributed by atoms with van der Waals surface area (Å²) in [6.07, 6.45) is 0.197. The quantitative estimate of drug-likeness (QED) is 0.877. The lowest BCUT2D eigenvalue weighted by Crippen LogP contribution is -2.06. The largest absolute Gasteiger partial charge is 0.493 e. The molecule has 1 unspecified atom stereocenters. The first kappa shape index (κ1) is 14.9. The molecule has 0 saturated carbocycles. The second kappa shape index (κ2) is 6.78. The average molecular weight is 291 g/mol. The van der Waals surface area contributed by atoms with Crippen molar-refractivity contribution in [3.8, 4) is 5.75 Å². The monoisotopic (exact) mass is 290 g/mol. The Morgan fingerprint density at radius 2 is 1.80 bits per heavy atom. The molecule has 0 fully saturated rings. The first-order valence-electron chi connectivity index (χ1n) is 6.80. The van der Waals surface area contributed by atoms with E-state index in [-0.39, 0.29) is 0 Å². The summed E-state index contributed by atoms with van der Waals surface area (Å²) >= 11 is 6.13. The molecule has 0 spiro atoms. The molecule has 0 aromatic heterocycles. The molecule has 0 aliphatic carbocycles. The Morgan fingerprint density at radius 1 is 1.10 bits per heavy atom. The van der Waals surface area contributed by atoms with Gasteiger partial charge >= 0.3 is 0 Å². The third-order valence-electron chi connectivity index (χ3n) is 3.28. The number of para-hydroxylation sites is 1. The predicted molar refractivity (Wildman–Crippen MR) is 82.5 cm³/mol. The van der Waals surface area contributed by atoms with E-state index in [2.05, 4.69) is 6.92 Å². The van der Waals surface area contributed by atoms with Gasteiger partial charge in [-0.25, -0.2) is 0 Å². The summed E-state index contributed by atoms with van der Waals surface area (Å²) in [7, 11) is 0. The highest BCUT2D eigenvalue weighted by Crippen LogP contribution is 2.33. The number of ether oxygens (including phenoxy) is 1. The fraction of sp³-hybridized carbons (Fsp3) is 0.294. The highest BCUT2D eigenvalue weighted by Gasteiger charge is 2.18. The van der Waals surface area contributed by atoms with Gasteiger partial charge in [0, 0.05) is 10.6 Å². The van der Waals surface area contributed by atoms with Gasteiger partial charge in [0.15, 0.2) is 0 Å². The second-order valence-corrected chi connectivity index (χ2v) is 5.15. The van der Waals surface area contributed by atoms with E-state index in [4.69, 9.17) is 16.3 Å². The minimum absolute atomic E-state index is 0.637. The van der Waals surface area contributed by atoms with Gasteiger partial charge in [0.2, 0.25) is 0 Å². The summed E-state index contributed by atoms with van der Waals surface area (Å²) in [5.74, 6) is 0.723. The zero-order valence-electron chi connectivity index (χ0n) is 11.8. The van der Waals surface area contributed by atoms with Crippen molar-refractivity contribution in [2.45, 2.75) is 26.4 Å². The third-order valence-corrected chi connectivity index (χ3v) is 3.69. The first-order valence-corrected chi connectivity index (χ1v) is 7.17. The van der Waals surface area contributed by atoms with E-state index in [0.717, 1.165) is 28.9 Å².